The first-order chi connectivity index (χ1) is 30.3. The van der Waals surface area contributed by atoms with Gasteiger partial charge in [-0.05, 0) is 157 Å². The standard InChI is InChI=1S/C60H62B2O2Si/c1-31-21-37-39-22-34(59(8,9)10)26-48-55(39)62(43-20-18-33(58(5,6)7)25-47(43)63-48)45-29-41-50(65(14,15)16)30-38-40-23-35(60(11,12)13)27-49-56(40)61(42-19-17-32(57(2,3)4)24-46(42)64-49)44-28-36(31)53(51(37)45)54(41)52(38)44/h17-30H,1-16H3. The van der Waals surface area contributed by atoms with Crippen molar-refractivity contribution in [2.75, 3.05) is 0 Å². The minimum absolute atomic E-state index is 0.00125. The molecule has 0 amide bonds. The lowest BCUT2D eigenvalue weighted by Gasteiger charge is -2.39. The minimum atomic E-state index is -1.97. The van der Waals surface area contributed by atoms with Crippen molar-refractivity contribution in [3.63, 3.8) is 0 Å². The summed E-state index contributed by atoms with van der Waals surface area (Å²) in [5, 5.41) is 10.1. The van der Waals surface area contributed by atoms with Gasteiger partial charge in [0.25, 0.3) is 13.4 Å². The Kier molecular flexibility index (Phi) is 7.98. The third kappa shape index (κ3) is 5.66. The molecule has 0 aliphatic carbocycles. The monoisotopic (exact) mass is 864 g/mol. The SMILES string of the molecule is Cc1cc2c3c(cc4c([Si](C)(C)C)cc5c6c(cc1c3c46)B1c3ccc(C(C)(C)C)cc3Oc3cc(C(C)(C)C)cc-5c31)B1c3ccc(C(C)(C)C)cc3Oc3cc(C(C)(C)C)cc-2c31. The van der Waals surface area contributed by atoms with Gasteiger partial charge in [0, 0.05) is 0 Å². The maximum absolute atomic E-state index is 7.17. The fraction of sp³-hybridized carbons (Fsp3) is 0.333. The molecule has 0 unspecified atom stereocenters. The Bertz CT molecular complexity index is 3470. The maximum atomic E-state index is 7.17. The average Bonchev–Trinajstić information content (AvgIpc) is 3.20. The molecule has 2 nitrogen and oxygen atoms in total. The highest BCUT2D eigenvalue weighted by Gasteiger charge is 2.45. The van der Waals surface area contributed by atoms with E-state index in [1.807, 2.05) is 0 Å². The van der Waals surface area contributed by atoms with E-state index in [-0.39, 0.29) is 35.1 Å². The van der Waals surface area contributed by atoms with E-state index in [9.17, 15) is 0 Å². The molecule has 8 aromatic carbocycles. The second-order valence-corrected chi connectivity index (χ2v) is 30.5. The van der Waals surface area contributed by atoms with Crippen LogP contribution in [0, 0.1) is 6.92 Å². The van der Waals surface area contributed by atoms with E-state index < -0.39 is 8.07 Å². The Morgan fingerprint density at radius 1 is 0.385 bits per heavy atom. The lowest BCUT2D eigenvalue weighted by atomic mass is 9.31. The van der Waals surface area contributed by atoms with Crippen LogP contribution >= 0.6 is 0 Å². The molecule has 4 heterocycles. The molecule has 0 aromatic heterocycles. The predicted octanol–water partition coefficient (Wildman–Crippen LogP) is 11.8. The summed E-state index contributed by atoms with van der Waals surface area (Å²) in [5.41, 5.74) is 19.8. The van der Waals surface area contributed by atoms with Crippen molar-refractivity contribution >= 4 is 91.8 Å². The van der Waals surface area contributed by atoms with E-state index in [2.05, 4.69) is 195 Å². The second kappa shape index (κ2) is 12.6. The predicted molar refractivity (Wildman–Crippen MR) is 286 cm³/mol. The highest BCUT2D eigenvalue weighted by molar-refractivity contribution is 7.02. The van der Waals surface area contributed by atoms with E-state index in [0.29, 0.717) is 0 Å². The average molecular weight is 865 g/mol. The highest BCUT2D eigenvalue weighted by Crippen LogP contribution is 2.49. The second-order valence-electron chi connectivity index (χ2n) is 25.4. The van der Waals surface area contributed by atoms with Gasteiger partial charge in [-0.3, -0.25) is 0 Å². The Hall–Kier alpha value is -5.25. The number of benzene rings is 8. The fourth-order valence-electron chi connectivity index (χ4n) is 12.1. The lowest BCUT2D eigenvalue weighted by Crippen LogP contribution is -2.58. The molecule has 0 N–H and O–H groups in total. The Balaban J connectivity index is 1.27. The molecular weight excluding hydrogens is 802 g/mol. The van der Waals surface area contributed by atoms with Gasteiger partial charge in [0.2, 0.25) is 0 Å². The molecule has 0 radical (unpaired) electrons. The largest absolute Gasteiger partial charge is 0.458 e. The van der Waals surface area contributed by atoms with Gasteiger partial charge in [-0.1, -0.05) is 180 Å². The summed E-state index contributed by atoms with van der Waals surface area (Å²) >= 11 is 0. The fourth-order valence-corrected chi connectivity index (χ4v) is 13.7. The van der Waals surface area contributed by atoms with Gasteiger partial charge in [-0.15, -0.1) is 0 Å². The number of ether oxygens (including phenoxy) is 2. The molecule has 5 heteroatoms. The highest BCUT2D eigenvalue weighted by atomic mass is 28.3. The number of rotatable bonds is 1. The number of fused-ring (bicyclic) bond motifs is 8. The van der Waals surface area contributed by atoms with Crippen LogP contribution in [-0.4, -0.2) is 21.5 Å². The molecule has 12 rings (SSSR count). The molecule has 0 fully saturated rings. The summed E-state index contributed by atoms with van der Waals surface area (Å²) in [5.74, 6) is 4.02. The normalized spacial score (nSPS) is 15.0. The molecule has 4 aliphatic heterocycles. The van der Waals surface area contributed by atoms with Crippen molar-refractivity contribution in [3.05, 3.63) is 113 Å². The van der Waals surface area contributed by atoms with Crippen LogP contribution in [-0.2, 0) is 21.7 Å². The Morgan fingerprint density at radius 3 is 1.22 bits per heavy atom. The van der Waals surface area contributed by atoms with Crippen molar-refractivity contribution in [1.82, 2.24) is 0 Å². The Labute approximate surface area is 388 Å². The smallest absolute Gasteiger partial charge is 0.252 e. The van der Waals surface area contributed by atoms with Gasteiger partial charge in [0.1, 0.15) is 23.0 Å². The van der Waals surface area contributed by atoms with E-state index >= 15 is 0 Å². The van der Waals surface area contributed by atoms with Crippen LogP contribution in [0.4, 0.5) is 0 Å². The number of aryl methyl sites for hydroxylation is 1. The van der Waals surface area contributed by atoms with E-state index in [1.54, 1.807) is 0 Å². The van der Waals surface area contributed by atoms with Crippen molar-refractivity contribution in [3.8, 4) is 45.3 Å². The van der Waals surface area contributed by atoms with Crippen LogP contribution < -0.4 is 47.4 Å². The van der Waals surface area contributed by atoms with E-state index in [4.69, 9.17) is 9.47 Å². The van der Waals surface area contributed by atoms with Crippen molar-refractivity contribution in [1.29, 1.82) is 0 Å². The molecule has 0 bridgehead atoms. The maximum Gasteiger partial charge on any atom is 0.252 e. The van der Waals surface area contributed by atoms with Gasteiger partial charge in [-0.25, -0.2) is 0 Å². The summed E-state index contributed by atoms with van der Waals surface area (Å²) in [4.78, 5) is 0. The Morgan fingerprint density at radius 2 is 0.785 bits per heavy atom. The van der Waals surface area contributed by atoms with Gasteiger partial charge >= 0.3 is 0 Å². The van der Waals surface area contributed by atoms with Crippen molar-refractivity contribution in [2.45, 2.75) is 131 Å². The molecule has 65 heavy (non-hydrogen) atoms. The van der Waals surface area contributed by atoms with Crippen LogP contribution in [0.2, 0.25) is 19.6 Å². The summed E-state index contributed by atoms with van der Waals surface area (Å²) in [6.45, 7) is 38.0. The first kappa shape index (κ1) is 41.2. The topological polar surface area (TPSA) is 18.5 Å². The number of hydrogen-bond acceptors (Lipinski definition) is 2. The van der Waals surface area contributed by atoms with Crippen LogP contribution in [0.15, 0.2) is 84.9 Å². The summed E-state index contributed by atoms with van der Waals surface area (Å²) in [7, 11) is -1.97. The summed E-state index contributed by atoms with van der Waals surface area (Å²) < 4.78 is 14.3. The molecular formula is C60H62B2O2Si. The quantitative estimate of drug-likeness (QED) is 0.121. The first-order valence-electron chi connectivity index (χ1n) is 24.1. The van der Waals surface area contributed by atoms with Crippen molar-refractivity contribution in [2.24, 2.45) is 0 Å². The van der Waals surface area contributed by atoms with E-state index in [0.717, 1.165) is 23.0 Å². The summed E-state index contributed by atoms with van der Waals surface area (Å²) in [6.07, 6.45) is 0. The van der Waals surface area contributed by atoms with Gasteiger partial charge in [0.15, 0.2) is 0 Å². The van der Waals surface area contributed by atoms with E-state index in [1.165, 1.54) is 120 Å². The molecule has 324 valence electrons. The lowest BCUT2D eigenvalue weighted by molar-refractivity contribution is 0.479. The summed E-state index contributed by atoms with van der Waals surface area (Å²) in [6, 6.07) is 34.4. The molecule has 8 aromatic rings. The van der Waals surface area contributed by atoms with Crippen molar-refractivity contribution < 1.29 is 9.47 Å². The van der Waals surface area contributed by atoms with Crippen LogP contribution in [0.3, 0.4) is 0 Å². The zero-order chi connectivity index (χ0) is 46.0. The molecule has 0 saturated heterocycles. The van der Waals surface area contributed by atoms with Crippen LogP contribution in [0.5, 0.6) is 23.0 Å². The molecule has 0 spiro atoms. The molecule has 4 aliphatic rings. The molecule has 0 atom stereocenters. The first-order valence-corrected chi connectivity index (χ1v) is 27.6. The van der Waals surface area contributed by atoms with Crippen LogP contribution in [0.25, 0.3) is 54.6 Å². The zero-order valence-corrected chi connectivity index (χ0v) is 42.6. The van der Waals surface area contributed by atoms with Gasteiger partial charge in [0.05, 0.1) is 8.07 Å². The van der Waals surface area contributed by atoms with Crippen LogP contribution in [0.1, 0.15) is 111 Å². The zero-order valence-electron chi connectivity index (χ0n) is 41.6. The number of hydrogen-bond donors (Lipinski definition) is 0. The minimum Gasteiger partial charge on any atom is -0.458 e. The third-order valence-corrected chi connectivity index (χ3v) is 17.8. The van der Waals surface area contributed by atoms with Gasteiger partial charge < -0.3 is 9.47 Å². The molecule has 0 saturated carbocycles. The third-order valence-electron chi connectivity index (χ3n) is 15.8. The van der Waals surface area contributed by atoms with Gasteiger partial charge in [-0.2, -0.15) is 0 Å².